The molecule has 2 unspecified atom stereocenters. The zero-order valence-corrected chi connectivity index (χ0v) is 5.92. The lowest BCUT2D eigenvalue weighted by atomic mass is 10.1. The van der Waals surface area contributed by atoms with Gasteiger partial charge in [-0.3, -0.25) is 4.79 Å². The first-order chi connectivity index (χ1) is 4.77. The van der Waals surface area contributed by atoms with Crippen molar-refractivity contribution in [1.82, 2.24) is 5.43 Å². The van der Waals surface area contributed by atoms with Gasteiger partial charge >= 0.3 is 0 Å². The maximum absolute atomic E-state index is 10.7. The molecule has 0 aromatic heterocycles. The highest BCUT2D eigenvalue weighted by Crippen LogP contribution is 2.40. The Labute approximate surface area is 59.5 Å². The summed E-state index contributed by atoms with van der Waals surface area (Å²) in [5.41, 5.74) is 3.53. The highest BCUT2D eigenvalue weighted by Gasteiger charge is 2.39. The molecule has 2 rings (SSSR count). The van der Waals surface area contributed by atoms with Crippen molar-refractivity contribution in [2.45, 2.75) is 19.8 Å². The smallest absolute Gasteiger partial charge is 0.245 e. The van der Waals surface area contributed by atoms with Crippen LogP contribution in [0.1, 0.15) is 19.8 Å². The van der Waals surface area contributed by atoms with Gasteiger partial charge in [0, 0.05) is 5.92 Å². The van der Waals surface area contributed by atoms with Crippen LogP contribution in [0.25, 0.3) is 0 Å². The van der Waals surface area contributed by atoms with Gasteiger partial charge < -0.3 is 0 Å². The second kappa shape index (κ2) is 1.81. The average molecular weight is 138 g/mol. The maximum atomic E-state index is 10.7. The van der Waals surface area contributed by atoms with Crippen LogP contribution in [0.2, 0.25) is 0 Å². The monoisotopic (exact) mass is 138 g/mol. The fraction of sp³-hybridized carbons (Fsp3) is 0.714. The molecule has 0 aromatic carbocycles. The summed E-state index contributed by atoms with van der Waals surface area (Å²) in [4.78, 5) is 10.7. The molecular formula is C7H10N2O. The number of carbonyl (C=O) groups is 1. The molecule has 3 nitrogen and oxygen atoms in total. The summed E-state index contributed by atoms with van der Waals surface area (Å²) in [5.74, 6) is 1.42. The zero-order chi connectivity index (χ0) is 7.14. The SMILES string of the molecule is CC1CC1C1=NNC(=O)C1. The van der Waals surface area contributed by atoms with E-state index in [1.807, 2.05) is 0 Å². The molecule has 0 saturated heterocycles. The van der Waals surface area contributed by atoms with Crippen molar-refractivity contribution in [1.29, 1.82) is 0 Å². The molecule has 1 fully saturated rings. The number of hydrazone groups is 1. The number of amides is 1. The summed E-state index contributed by atoms with van der Waals surface area (Å²) in [6.07, 6.45) is 1.75. The Kier molecular flexibility index (Phi) is 1.07. The van der Waals surface area contributed by atoms with E-state index in [0.717, 1.165) is 11.6 Å². The lowest BCUT2D eigenvalue weighted by Gasteiger charge is -1.89. The maximum Gasteiger partial charge on any atom is 0.245 e. The molecule has 1 N–H and O–H groups in total. The molecular weight excluding hydrogens is 128 g/mol. The van der Waals surface area contributed by atoms with Crippen LogP contribution in [0.3, 0.4) is 0 Å². The minimum absolute atomic E-state index is 0.0501. The summed E-state index contributed by atoms with van der Waals surface area (Å²) in [7, 11) is 0. The quantitative estimate of drug-likeness (QED) is 0.563. The fourth-order valence-electron chi connectivity index (χ4n) is 1.38. The number of rotatable bonds is 1. The van der Waals surface area contributed by atoms with E-state index in [1.54, 1.807) is 0 Å². The van der Waals surface area contributed by atoms with E-state index >= 15 is 0 Å². The molecule has 2 aliphatic rings. The molecule has 1 aliphatic heterocycles. The Balaban J connectivity index is 2.01. The lowest BCUT2D eigenvalue weighted by Crippen LogP contribution is -2.09. The predicted molar refractivity (Wildman–Crippen MR) is 37.5 cm³/mol. The lowest BCUT2D eigenvalue weighted by molar-refractivity contribution is -0.119. The number of nitrogens with zero attached hydrogens (tertiary/aromatic N) is 1. The topological polar surface area (TPSA) is 41.5 Å². The first-order valence-electron chi connectivity index (χ1n) is 3.62. The van der Waals surface area contributed by atoms with Crippen molar-refractivity contribution >= 4 is 11.6 Å². The molecule has 1 amide bonds. The average Bonchev–Trinajstić information content (AvgIpc) is 2.42. The molecule has 54 valence electrons. The van der Waals surface area contributed by atoms with Gasteiger partial charge in [0.25, 0.3) is 0 Å². The number of carbonyl (C=O) groups excluding carboxylic acids is 1. The van der Waals surface area contributed by atoms with Gasteiger partial charge in [0.15, 0.2) is 0 Å². The second-order valence-electron chi connectivity index (χ2n) is 3.13. The normalized spacial score (nSPS) is 37.3. The number of hydrogen-bond donors (Lipinski definition) is 1. The van der Waals surface area contributed by atoms with Gasteiger partial charge in [0.05, 0.1) is 12.1 Å². The third kappa shape index (κ3) is 0.818. The van der Waals surface area contributed by atoms with Crippen molar-refractivity contribution in [2.75, 3.05) is 0 Å². The summed E-state index contributed by atoms with van der Waals surface area (Å²) in [6, 6.07) is 0. The third-order valence-corrected chi connectivity index (χ3v) is 2.20. The van der Waals surface area contributed by atoms with Crippen LogP contribution in [0, 0.1) is 11.8 Å². The van der Waals surface area contributed by atoms with Gasteiger partial charge in [-0.25, -0.2) is 5.43 Å². The van der Waals surface area contributed by atoms with E-state index in [9.17, 15) is 4.79 Å². The van der Waals surface area contributed by atoms with E-state index in [-0.39, 0.29) is 5.91 Å². The molecule has 0 aromatic rings. The Morgan fingerprint density at radius 2 is 2.40 bits per heavy atom. The van der Waals surface area contributed by atoms with Gasteiger partial charge in [0.2, 0.25) is 5.91 Å². The molecule has 1 aliphatic carbocycles. The Bertz CT molecular complexity index is 210. The third-order valence-electron chi connectivity index (χ3n) is 2.20. The largest absolute Gasteiger partial charge is 0.273 e. The molecule has 2 atom stereocenters. The molecule has 0 bridgehead atoms. The Morgan fingerprint density at radius 3 is 2.80 bits per heavy atom. The van der Waals surface area contributed by atoms with Gasteiger partial charge in [-0.1, -0.05) is 6.92 Å². The van der Waals surface area contributed by atoms with Crippen LogP contribution in [0.4, 0.5) is 0 Å². The summed E-state index contributed by atoms with van der Waals surface area (Å²) in [5, 5.41) is 3.95. The van der Waals surface area contributed by atoms with E-state index in [4.69, 9.17) is 0 Å². The minimum atomic E-state index is 0.0501. The van der Waals surface area contributed by atoms with Gasteiger partial charge in [-0.2, -0.15) is 5.10 Å². The van der Waals surface area contributed by atoms with Crippen molar-refractivity contribution in [3.05, 3.63) is 0 Å². The summed E-state index contributed by atoms with van der Waals surface area (Å²) >= 11 is 0. The zero-order valence-electron chi connectivity index (χ0n) is 5.92. The molecule has 0 radical (unpaired) electrons. The number of nitrogens with one attached hydrogen (secondary N) is 1. The van der Waals surface area contributed by atoms with Crippen molar-refractivity contribution in [2.24, 2.45) is 16.9 Å². The second-order valence-corrected chi connectivity index (χ2v) is 3.13. The van der Waals surface area contributed by atoms with E-state index in [1.165, 1.54) is 6.42 Å². The van der Waals surface area contributed by atoms with E-state index in [0.29, 0.717) is 12.3 Å². The van der Waals surface area contributed by atoms with Crippen LogP contribution in [-0.4, -0.2) is 11.6 Å². The molecule has 3 heteroatoms. The van der Waals surface area contributed by atoms with Crippen molar-refractivity contribution < 1.29 is 4.79 Å². The minimum Gasteiger partial charge on any atom is -0.273 e. The first kappa shape index (κ1) is 5.89. The van der Waals surface area contributed by atoms with Crippen LogP contribution < -0.4 is 5.43 Å². The predicted octanol–water partition coefficient (Wildman–Crippen LogP) is 0.518. The molecule has 1 heterocycles. The first-order valence-corrected chi connectivity index (χ1v) is 3.62. The van der Waals surface area contributed by atoms with Crippen LogP contribution in [0.5, 0.6) is 0 Å². The van der Waals surface area contributed by atoms with Crippen molar-refractivity contribution in [3.63, 3.8) is 0 Å². The van der Waals surface area contributed by atoms with Crippen LogP contribution in [0.15, 0.2) is 5.10 Å². The summed E-state index contributed by atoms with van der Waals surface area (Å²) < 4.78 is 0. The van der Waals surface area contributed by atoms with Crippen LogP contribution >= 0.6 is 0 Å². The molecule has 1 saturated carbocycles. The number of hydrogen-bond acceptors (Lipinski definition) is 2. The van der Waals surface area contributed by atoms with Gasteiger partial charge in [-0.05, 0) is 12.3 Å². The van der Waals surface area contributed by atoms with E-state index in [2.05, 4.69) is 17.5 Å². The van der Waals surface area contributed by atoms with Crippen LogP contribution in [-0.2, 0) is 4.79 Å². The summed E-state index contributed by atoms with van der Waals surface area (Å²) in [6.45, 7) is 2.19. The Hall–Kier alpha value is -0.860. The standard InChI is InChI=1S/C7H10N2O/c1-4-2-5(4)6-3-7(10)9-8-6/h4-5H,2-3H2,1H3,(H,9,10). The molecule has 0 spiro atoms. The van der Waals surface area contributed by atoms with E-state index < -0.39 is 0 Å². The highest BCUT2D eigenvalue weighted by molar-refractivity contribution is 6.07. The Morgan fingerprint density at radius 1 is 1.70 bits per heavy atom. The highest BCUT2D eigenvalue weighted by atomic mass is 16.2. The van der Waals surface area contributed by atoms with Gasteiger partial charge in [0.1, 0.15) is 0 Å². The van der Waals surface area contributed by atoms with Crippen molar-refractivity contribution in [3.8, 4) is 0 Å². The van der Waals surface area contributed by atoms with Gasteiger partial charge in [-0.15, -0.1) is 0 Å². The molecule has 10 heavy (non-hydrogen) atoms. The fourth-order valence-corrected chi connectivity index (χ4v) is 1.38.